The number of hydrogen-bond acceptors (Lipinski definition) is 1. The zero-order valence-electron chi connectivity index (χ0n) is 13.6. The van der Waals surface area contributed by atoms with Gasteiger partial charge in [-0.15, -0.1) is 0 Å². The Morgan fingerprint density at radius 3 is 2.42 bits per heavy atom. The van der Waals surface area contributed by atoms with Crippen molar-refractivity contribution in [3.63, 3.8) is 0 Å². The molecule has 1 heterocycles. The molecule has 0 aromatic carbocycles. The van der Waals surface area contributed by atoms with Gasteiger partial charge >= 0.3 is 0 Å². The number of aromatic nitrogens is 2. The maximum absolute atomic E-state index is 4.45. The number of imidazole rings is 1. The first kappa shape index (κ1) is 16.2. The maximum Gasteiger partial charge on any atom is 0.105 e. The van der Waals surface area contributed by atoms with Gasteiger partial charge in [0.15, 0.2) is 0 Å². The summed E-state index contributed by atoms with van der Waals surface area (Å²) in [5, 5.41) is 0. The van der Waals surface area contributed by atoms with Crippen molar-refractivity contribution in [2.24, 2.45) is 7.05 Å². The fraction of sp³-hybridized carbons (Fsp3) is 0.688. The van der Waals surface area contributed by atoms with E-state index in [1.54, 1.807) is 0 Å². The van der Waals surface area contributed by atoms with Crippen molar-refractivity contribution in [1.82, 2.24) is 9.55 Å². The van der Waals surface area contributed by atoms with Gasteiger partial charge in [-0.3, -0.25) is 0 Å². The summed E-state index contributed by atoms with van der Waals surface area (Å²) < 4.78 is 2.23. The Morgan fingerprint density at radius 2 is 1.95 bits per heavy atom. The number of unbranched alkanes of at least 4 members (excludes halogenated alkanes) is 3. The Balaban J connectivity index is 2.87. The van der Waals surface area contributed by atoms with Crippen LogP contribution in [0.4, 0.5) is 0 Å². The minimum absolute atomic E-state index is 1.10. The van der Waals surface area contributed by atoms with Gasteiger partial charge in [-0.1, -0.05) is 51.5 Å². The van der Waals surface area contributed by atoms with Crippen molar-refractivity contribution >= 4 is 13.6 Å². The molecule has 0 saturated carbocycles. The zero-order chi connectivity index (χ0) is 14.5. The second kappa shape index (κ2) is 7.08. The van der Waals surface area contributed by atoms with E-state index in [2.05, 4.69) is 55.8 Å². The van der Waals surface area contributed by atoms with Crippen molar-refractivity contribution in [1.29, 1.82) is 0 Å². The van der Waals surface area contributed by atoms with Crippen LogP contribution in [0.5, 0.6) is 0 Å². The van der Waals surface area contributed by atoms with E-state index in [1.165, 1.54) is 43.4 Å². The summed E-state index contributed by atoms with van der Waals surface area (Å²) in [5.41, 5.74) is 5.38. The van der Waals surface area contributed by atoms with E-state index in [1.807, 2.05) is 6.20 Å². The average molecular weight is 279 g/mol. The molecule has 3 heteroatoms. The predicted octanol–water partition coefficient (Wildman–Crippen LogP) is 4.96. The minimum Gasteiger partial charge on any atom is -0.332 e. The first-order valence-electron chi connectivity index (χ1n) is 7.55. The lowest BCUT2D eigenvalue weighted by molar-refractivity contribution is 0.676. The summed E-state index contributed by atoms with van der Waals surface area (Å²) in [6.45, 7) is 11.6. The SMILES string of the molecule is CCCCCC/C(=C\[Si](C)(C)C)c1cnc(C)n1C. The van der Waals surface area contributed by atoms with E-state index in [9.17, 15) is 0 Å². The van der Waals surface area contributed by atoms with Crippen LogP contribution in [-0.4, -0.2) is 17.6 Å². The lowest BCUT2D eigenvalue weighted by atomic mass is 10.1. The molecule has 0 saturated heterocycles. The fourth-order valence-electron chi connectivity index (χ4n) is 2.34. The smallest absolute Gasteiger partial charge is 0.105 e. The fourth-order valence-corrected chi connectivity index (χ4v) is 3.68. The highest BCUT2D eigenvalue weighted by Crippen LogP contribution is 2.24. The Labute approximate surface area is 120 Å². The Hall–Kier alpha value is -0.833. The summed E-state index contributed by atoms with van der Waals surface area (Å²) in [6.07, 6.45) is 8.54. The quantitative estimate of drug-likeness (QED) is 0.509. The third-order valence-corrected chi connectivity index (χ3v) is 4.67. The molecule has 1 aromatic heterocycles. The number of allylic oxidation sites excluding steroid dienone is 1. The Bertz CT molecular complexity index is 424. The molecular weight excluding hydrogens is 248 g/mol. The second-order valence-corrected chi connectivity index (χ2v) is 11.6. The van der Waals surface area contributed by atoms with Crippen molar-refractivity contribution in [3.05, 3.63) is 23.4 Å². The van der Waals surface area contributed by atoms with Crippen molar-refractivity contribution in [2.75, 3.05) is 0 Å². The summed E-state index contributed by atoms with van der Waals surface area (Å²) >= 11 is 0. The van der Waals surface area contributed by atoms with Crippen LogP contribution in [0.25, 0.3) is 5.57 Å². The van der Waals surface area contributed by atoms with E-state index < -0.39 is 8.07 Å². The van der Waals surface area contributed by atoms with Gasteiger partial charge in [-0.2, -0.15) is 0 Å². The van der Waals surface area contributed by atoms with Gasteiger partial charge in [0.1, 0.15) is 5.82 Å². The molecule has 0 radical (unpaired) electrons. The Morgan fingerprint density at radius 1 is 1.26 bits per heavy atom. The first-order valence-corrected chi connectivity index (χ1v) is 11.1. The van der Waals surface area contributed by atoms with Crippen LogP contribution in [0.3, 0.4) is 0 Å². The number of nitrogens with zero attached hydrogens (tertiary/aromatic N) is 2. The van der Waals surface area contributed by atoms with Crippen LogP contribution >= 0.6 is 0 Å². The molecule has 2 nitrogen and oxygen atoms in total. The summed E-state index contributed by atoms with van der Waals surface area (Å²) in [5.74, 6) is 1.10. The molecule has 0 aliphatic carbocycles. The third-order valence-electron chi connectivity index (χ3n) is 3.46. The Kier molecular flexibility index (Phi) is 6.05. The number of rotatable bonds is 7. The highest BCUT2D eigenvalue weighted by Gasteiger charge is 2.15. The van der Waals surface area contributed by atoms with Gasteiger partial charge in [0, 0.05) is 7.05 Å². The topological polar surface area (TPSA) is 17.8 Å². The molecule has 0 spiro atoms. The first-order chi connectivity index (χ1) is 8.85. The highest BCUT2D eigenvalue weighted by molar-refractivity contribution is 6.81. The molecule has 108 valence electrons. The molecule has 1 aromatic rings. The third kappa shape index (κ3) is 5.35. The normalized spacial score (nSPS) is 13.1. The molecule has 0 amide bonds. The molecule has 0 unspecified atom stereocenters. The number of aryl methyl sites for hydroxylation is 1. The molecule has 0 atom stereocenters. The molecule has 0 aliphatic rings. The zero-order valence-corrected chi connectivity index (χ0v) is 14.6. The van der Waals surface area contributed by atoms with Crippen LogP contribution in [-0.2, 0) is 7.05 Å². The van der Waals surface area contributed by atoms with Crippen LogP contribution < -0.4 is 0 Å². The van der Waals surface area contributed by atoms with Crippen LogP contribution in [0.1, 0.15) is 50.5 Å². The lowest BCUT2D eigenvalue weighted by Gasteiger charge is -2.16. The van der Waals surface area contributed by atoms with Gasteiger partial charge in [0.2, 0.25) is 0 Å². The average Bonchev–Trinajstić information content (AvgIpc) is 2.63. The van der Waals surface area contributed by atoms with E-state index in [0.717, 1.165) is 5.82 Å². The summed E-state index contributed by atoms with van der Waals surface area (Å²) in [7, 11) is 0.938. The van der Waals surface area contributed by atoms with Crippen LogP contribution in [0.15, 0.2) is 11.9 Å². The van der Waals surface area contributed by atoms with E-state index in [4.69, 9.17) is 0 Å². The van der Waals surface area contributed by atoms with Crippen molar-refractivity contribution < 1.29 is 0 Å². The van der Waals surface area contributed by atoms with Crippen molar-refractivity contribution in [3.8, 4) is 0 Å². The van der Waals surface area contributed by atoms with Crippen molar-refractivity contribution in [2.45, 2.75) is 65.6 Å². The van der Waals surface area contributed by atoms with E-state index >= 15 is 0 Å². The molecule has 19 heavy (non-hydrogen) atoms. The monoisotopic (exact) mass is 278 g/mol. The van der Waals surface area contributed by atoms with E-state index in [0.29, 0.717) is 0 Å². The van der Waals surface area contributed by atoms with Gasteiger partial charge < -0.3 is 4.57 Å². The molecule has 0 N–H and O–H groups in total. The van der Waals surface area contributed by atoms with Gasteiger partial charge in [-0.25, -0.2) is 4.98 Å². The molecule has 0 aliphatic heterocycles. The summed E-state index contributed by atoms with van der Waals surface area (Å²) in [6, 6.07) is 0. The van der Waals surface area contributed by atoms with E-state index in [-0.39, 0.29) is 0 Å². The molecule has 1 rings (SSSR count). The largest absolute Gasteiger partial charge is 0.332 e. The maximum atomic E-state index is 4.45. The van der Waals surface area contributed by atoms with Gasteiger partial charge in [-0.05, 0) is 25.3 Å². The molecule has 0 bridgehead atoms. The molecule has 0 fully saturated rings. The minimum atomic E-state index is -1.19. The predicted molar refractivity (Wildman–Crippen MR) is 88.0 cm³/mol. The highest BCUT2D eigenvalue weighted by atomic mass is 28.3. The summed E-state index contributed by atoms with van der Waals surface area (Å²) in [4.78, 5) is 4.45. The van der Waals surface area contributed by atoms with Gasteiger partial charge in [0.25, 0.3) is 0 Å². The van der Waals surface area contributed by atoms with Crippen LogP contribution in [0.2, 0.25) is 19.6 Å². The van der Waals surface area contributed by atoms with Gasteiger partial charge in [0.05, 0.1) is 20.0 Å². The second-order valence-electron chi connectivity index (χ2n) is 6.60. The standard InChI is InChI=1S/C16H30N2Si/c1-7-8-9-10-11-15(13-19(4,5)6)16-12-17-14(2)18(16)3/h12-13H,7-11H2,1-6H3/b15-13+. The lowest BCUT2D eigenvalue weighted by Crippen LogP contribution is -2.17. The number of hydrogen-bond donors (Lipinski definition) is 0. The molecular formula is C16H30N2Si. The van der Waals surface area contributed by atoms with Crippen LogP contribution in [0, 0.1) is 6.92 Å².